The second kappa shape index (κ2) is 5.29. The van der Waals surface area contributed by atoms with Crippen molar-refractivity contribution in [3.05, 3.63) is 28.8 Å². The van der Waals surface area contributed by atoms with Crippen LogP contribution in [0.15, 0.2) is 18.2 Å². The molecule has 1 saturated carbocycles. The summed E-state index contributed by atoms with van der Waals surface area (Å²) in [5, 5.41) is 12.8. The third kappa shape index (κ3) is 2.52. The summed E-state index contributed by atoms with van der Waals surface area (Å²) in [4.78, 5) is 0. The van der Waals surface area contributed by atoms with Gasteiger partial charge in [0.2, 0.25) is 0 Å². The first-order valence-electron chi connectivity index (χ1n) is 5.84. The summed E-state index contributed by atoms with van der Waals surface area (Å²) < 4.78 is 11.6. The molecule has 96 valence electrons. The molecular formula is C13H15ClN2OS. The lowest BCUT2D eigenvalue weighted by Gasteiger charge is -2.40. The molecule has 1 aromatic carbocycles. The highest BCUT2D eigenvalue weighted by Gasteiger charge is 2.40. The summed E-state index contributed by atoms with van der Waals surface area (Å²) >= 11 is 5.92. The van der Waals surface area contributed by atoms with Crippen LogP contribution in [0.4, 0.5) is 5.69 Å². The molecule has 1 aliphatic rings. The van der Waals surface area contributed by atoms with Crippen LogP contribution >= 0.6 is 11.6 Å². The molecule has 0 bridgehead atoms. The molecule has 0 unspecified atom stereocenters. The predicted molar refractivity (Wildman–Crippen MR) is 75.3 cm³/mol. The summed E-state index contributed by atoms with van der Waals surface area (Å²) in [5.41, 5.74) is 1.29. The molecule has 18 heavy (non-hydrogen) atoms. The maximum absolute atomic E-state index is 11.8. The molecule has 3 nitrogen and oxygen atoms in total. The van der Waals surface area contributed by atoms with E-state index in [0.29, 0.717) is 17.1 Å². The van der Waals surface area contributed by atoms with Gasteiger partial charge in [-0.3, -0.25) is 4.21 Å². The van der Waals surface area contributed by atoms with Gasteiger partial charge in [-0.1, -0.05) is 18.0 Å². The van der Waals surface area contributed by atoms with E-state index >= 15 is 0 Å². The van der Waals surface area contributed by atoms with Gasteiger partial charge in [-0.05, 0) is 31.0 Å². The van der Waals surface area contributed by atoms with Gasteiger partial charge in [0.05, 0.1) is 16.0 Å². The van der Waals surface area contributed by atoms with E-state index in [0.717, 1.165) is 24.9 Å². The first-order chi connectivity index (χ1) is 8.57. The van der Waals surface area contributed by atoms with E-state index in [1.165, 1.54) is 0 Å². The number of anilines is 1. The molecule has 2 rings (SSSR count). The molecule has 5 heteroatoms. The van der Waals surface area contributed by atoms with Gasteiger partial charge in [0, 0.05) is 28.6 Å². The van der Waals surface area contributed by atoms with Crippen molar-refractivity contribution in [3.63, 3.8) is 0 Å². The molecular weight excluding hydrogens is 268 g/mol. The van der Waals surface area contributed by atoms with E-state index in [1.807, 2.05) is 0 Å². The molecule has 0 saturated heterocycles. The zero-order valence-corrected chi connectivity index (χ0v) is 11.8. The molecule has 1 atom stereocenters. The molecule has 1 aliphatic carbocycles. The van der Waals surface area contributed by atoms with E-state index in [2.05, 4.69) is 11.4 Å². The molecule has 1 fully saturated rings. The van der Waals surface area contributed by atoms with Crippen LogP contribution in [0.3, 0.4) is 0 Å². The molecule has 1 N–H and O–H groups in total. The minimum Gasteiger partial charge on any atom is -0.382 e. The van der Waals surface area contributed by atoms with Crippen LogP contribution in [0.2, 0.25) is 5.02 Å². The first kappa shape index (κ1) is 13.4. The number of hydrogen-bond acceptors (Lipinski definition) is 3. The number of nitrogens with one attached hydrogen (secondary N) is 1. The largest absolute Gasteiger partial charge is 0.382 e. The monoisotopic (exact) mass is 282 g/mol. The minimum atomic E-state index is -0.848. The van der Waals surface area contributed by atoms with E-state index in [1.54, 1.807) is 24.5 Å². The van der Waals surface area contributed by atoms with Crippen molar-refractivity contribution in [1.29, 1.82) is 5.26 Å². The van der Waals surface area contributed by atoms with Gasteiger partial charge in [-0.15, -0.1) is 0 Å². The van der Waals surface area contributed by atoms with Crippen molar-refractivity contribution in [1.82, 2.24) is 0 Å². The smallest absolute Gasteiger partial charge is 0.101 e. The Morgan fingerprint density at radius 3 is 2.78 bits per heavy atom. The number of benzene rings is 1. The first-order valence-corrected chi connectivity index (χ1v) is 7.78. The van der Waals surface area contributed by atoms with Gasteiger partial charge < -0.3 is 5.32 Å². The Kier molecular flexibility index (Phi) is 3.94. The van der Waals surface area contributed by atoms with Crippen LogP contribution < -0.4 is 5.32 Å². The van der Waals surface area contributed by atoms with Gasteiger partial charge in [0.15, 0.2) is 0 Å². The zero-order chi connectivity index (χ0) is 13.2. The fraction of sp³-hybridized carbons (Fsp3) is 0.462. The highest BCUT2D eigenvalue weighted by molar-refractivity contribution is 7.85. The lowest BCUT2D eigenvalue weighted by atomic mass is 9.84. The number of hydrogen-bond donors (Lipinski definition) is 1. The minimum absolute atomic E-state index is 0.130. The predicted octanol–water partition coefficient (Wildman–Crippen LogP) is 2.92. The average Bonchev–Trinajstić information content (AvgIpc) is 2.27. The average molecular weight is 283 g/mol. The van der Waals surface area contributed by atoms with Crippen molar-refractivity contribution >= 4 is 28.1 Å². The zero-order valence-electron chi connectivity index (χ0n) is 10.2. The van der Waals surface area contributed by atoms with E-state index < -0.39 is 10.8 Å². The number of rotatable bonds is 4. The Balaban J connectivity index is 2.13. The van der Waals surface area contributed by atoms with Crippen molar-refractivity contribution < 1.29 is 4.21 Å². The second-order valence-corrected chi connectivity index (χ2v) is 6.86. The lowest BCUT2D eigenvalue weighted by Crippen LogP contribution is -2.47. The summed E-state index contributed by atoms with van der Waals surface area (Å²) in [6.45, 7) is 0.630. The van der Waals surface area contributed by atoms with Gasteiger partial charge in [0.1, 0.15) is 6.07 Å². The SMILES string of the molecule is C[S@@](=O)C1(CNc2cc(Cl)ccc2C#N)CCC1. The van der Waals surface area contributed by atoms with Gasteiger partial charge in [0.25, 0.3) is 0 Å². The van der Waals surface area contributed by atoms with Crippen LogP contribution in [0, 0.1) is 11.3 Å². The fourth-order valence-electron chi connectivity index (χ4n) is 2.15. The van der Waals surface area contributed by atoms with E-state index in [4.69, 9.17) is 16.9 Å². The maximum Gasteiger partial charge on any atom is 0.101 e. The van der Waals surface area contributed by atoms with E-state index in [9.17, 15) is 4.21 Å². The third-order valence-corrected chi connectivity index (χ3v) is 5.58. The van der Waals surface area contributed by atoms with Crippen LogP contribution in [0.1, 0.15) is 24.8 Å². The number of halogens is 1. The topological polar surface area (TPSA) is 52.9 Å². The van der Waals surface area contributed by atoms with Crippen molar-refractivity contribution in [3.8, 4) is 6.07 Å². The summed E-state index contributed by atoms with van der Waals surface area (Å²) in [6, 6.07) is 7.26. The normalized spacial score (nSPS) is 18.5. The number of nitriles is 1. The molecule has 0 amide bonds. The van der Waals surface area contributed by atoms with Crippen LogP contribution in [0.25, 0.3) is 0 Å². The van der Waals surface area contributed by atoms with Crippen molar-refractivity contribution in [2.24, 2.45) is 0 Å². The summed E-state index contributed by atoms with van der Waals surface area (Å²) in [7, 11) is -0.848. The highest BCUT2D eigenvalue weighted by atomic mass is 35.5. The van der Waals surface area contributed by atoms with Crippen LogP contribution in [-0.4, -0.2) is 21.8 Å². The van der Waals surface area contributed by atoms with E-state index in [-0.39, 0.29) is 4.75 Å². The van der Waals surface area contributed by atoms with Crippen LogP contribution in [0.5, 0.6) is 0 Å². The van der Waals surface area contributed by atoms with Crippen LogP contribution in [-0.2, 0) is 10.8 Å². The second-order valence-electron chi connectivity index (χ2n) is 4.65. The van der Waals surface area contributed by atoms with Gasteiger partial charge >= 0.3 is 0 Å². The Bertz CT molecular complexity index is 520. The standard InChI is InChI=1S/C13H15ClN2OS/c1-18(17)13(5-2-6-13)9-16-12-7-11(14)4-3-10(12)8-15/h3-4,7,16H,2,5-6,9H2,1H3/t18-/m1/s1. The molecule has 0 heterocycles. The molecule has 0 aromatic heterocycles. The Hall–Kier alpha value is -1.05. The Morgan fingerprint density at radius 1 is 1.56 bits per heavy atom. The van der Waals surface area contributed by atoms with Gasteiger partial charge in [-0.2, -0.15) is 5.26 Å². The third-order valence-electron chi connectivity index (χ3n) is 3.58. The molecule has 0 spiro atoms. The maximum atomic E-state index is 11.8. The highest BCUT2D eigenvalue weighted by Crippen LogP contribution is 2.37. The molecule has 0 aliphatic heterocycles. The molecule has 1 aromatic rings. The quantitative estimate of drug-likeness (QED) is 0.924. The summed E-state index contributed by atoms with van der Waals surface area (Å²) in [5.74, 6) is 0. The Morgan fingerprint density at radius 2 is 2.28 bits per heavy atom. The van der Waals surface area contributed by atoms with Crippen molar-refractivity contribution in [2.45, 2.75) is 24.0 Å². The summed E-state index contributed by atoms with van der Waals surface area (Å²) in [6.07, 6.45) is 4.84. The number of nitrogens with zero attached hydrogens (tertiary/aromatic N) is 1. The van der Waals surface area contributed by atoms with Crippen molar-refractivity contribution in [2.75, 3.05) is 18.1 Å². The Labute approximate surface area is 115 Å². The van der Waals surface area contributed by atoms with Gasteiger partial charge in [-0.25, -0.2) is 0 Å². The molecule has 0 radical (unpaired) electrons. The fourth-order valence-corrected chi connectivity index (χ4v) is 3.46. The lowest BCUT2D eigenvalue weighted by molar-refractivity contribution is 0.368.